The number of fused-ring (bicyclic) bond motifs is 2. The number of nitrogen functional groups attached to an aromatic ring is 1. The Hall–Kier alpha value is -5.75. The molecule has 64 heavy (non-hydrogen) atoms. The molecule has 17 nitrogen and oxygen atoms in total. The smallest absolute Gasteiger partial charge is 0.351 e. The maximum Gasteiger partial charge on any atom is 0.351 e. The lowest BCUT2D eigenvalue weighted by atomic mass is 9.72. The molecule has 4 heterocycles. The van der Waals surface area contributed by atoms with Gasteiger partial charge in [-0.1, -0.05) is 73.9 Å². The Bertz CT molecular complexity index is 2290. The number of carbonyl (C=O) groups is 4. The molecular weight excluding hydrogens is 819 g/mol. The number of aliphatic hydroxyl groups is 2. The predicted octanol–water partition coefficient (Wildman–Crippen LogP) is 2.59. The van der Waals surface area contributed by atoms with Crippen molar-refractivity contribution in [3.05, 3.63) is 101 Å². The summed E-state index contributed by atoms with van der Waals surface area (Å²) in [6.45, 7) is 6.71. The van der Waals surface area contributed by atoms with Gasteiger partial charge >= 0.3 is 5.69 Å². The number of aromatic nitrogens is 3. The van der Waals surface area contributed by atoms with E-state index in [1.54, 1.807) is 30.5 Å². The lowest BCUT2D eigenvalue weighted by Gasteiger charge is -2.47. The number of anilines is 1. The number of piperidine rings is 1. The Morgan fingerprint density at radius 2 is 1.62 bits per heavy atom. The second kappa shape index (κ2) is 21.8. The zero-order valence-electron chi connectivity index (χ0n) is 36.9. The van der Waals surface area contributed by atoms with E-state index >= 15 is 0 Å². The average molecular weight is 882 g/mol. The van der Waals surface area contributed by atoms with Gasteiger partial charge in [-0.25, -0.2) is 9.78 Å². The van der Waals surface area contributed by atoms with Crippen LogP contribution in [0, 0.1) is 11.8 Å². The fourth-order valence-electron chi connectivity index (χ4n) is 8.93. The lowest BCUT2D eigenvalue weighted by molar-refractivity contribution is -0.133. The molecule has 1 unspecified atom stereocenters. The van der Waals surface area contributed by atoms with E-state index in [-0.39, 0.29) is 49.3 Å². The molecular formula is C47H63N9O8. The van der Waals surface area contributed by atoms with E-state index in [2.05, 4.69) is 30.8 Å². The summed E-state index contributed by atoms with van der Waals surface area (Å²) in [5.74, 6) is -0.994. The Morgan fingerprint density at radius 3 is 2.31 bits per heavy atom. The highest BCUT2D eigenvalue weighted by atomic mass is 16.5. The van der Waals surface area contributed by atoms with Crippen LogP contribution in [0.5, 0.6) is 0 Å². The fraction of sp³-hybridized carbons (Fsp3) is 0.511. The molecule has 4 aromatic rings. The van der Waals surface area contributed by atoms with Gasteiger partial charge in [-0.05, 0) is 88.5 Å². The van der Waals surface area contributed by atoms with E-state index in [0.29, 0.717) is 30.3 Å². The van der Waals surface area contributed by atoms with Crippen molar-refractivity contribution < 1.29 is 34.1 Å². The van der Waals surface area contributed by atoms with Crippen LogP contribution in [0.25, 0.3) is 10.9 Å². The van der Waals surface area contributed by atoms with Crippen LogP contribution in [-0.4, -0.2) is 109 Å². The maximum absolute atomic E-state index is 13.8. The third-order valence-corrected chi connectivity index (χ3v) is 12.1. The first-order valence-corrected chi connectivity index (χ1v) is 22.2. The molecule has 3 fully saturated rings. The number of amides is 4. The number of nitrogens with one attached hydrogen (secondary N) is 3. The summed E-state index contributed by atoms with van der Waals surface area (Å²) in [6.07, 6.45) is 6.54. The van der Waals surface area contributed by atoms with Crippen LogP contribution in [-0.2, 0) is 25.5 Å². The van der Waals surface area contributed by atoms with E-state index in [1.165, 1.54) is 11.0 Å². The van der Waals surface area contributed by atoms with Crippen LogP contribution < -0.4 is 33.1 Å². The molecule has 0 spiro atoms. The van der Waals surface area contributed by atoms with Crippen molar-refractivity contribution in [2.24, 2.45) is 17.6 Å². The predicted molar refractivity (Wildman–Crippen MR) is 241 cm³/mol. The van der Waals surface area contributed by atoms with E-state index in [9.17, 15) is 29.1 Å². The highest BCUT2D eigenvalue weighted by Gasteiger charge is 2.42. The third kappa shape index (κ3) is 13.2. The number of primary amides is 1. The first-order valence-electron chi connectivity index (χ1n) is 22.2. The molecule has 0 bridgehead atoms. The standard InChI is InChI=1S/C38H50N6O5.C9H13N3O3/c1-38(2,3)43-37(49)32-20-26-14-7-8-15-27(26)22-44(32)23-33(45)30(19-24-11-5-4-6-12-24)41-36(48)31(21-34(39)46)42-35(47)29-18-17-25-13-9-10-16-28(25)40-29;10-7-3-4-12(9(14)11-7)8-2-1-6(5-13)15-8/h4-6,9-13,16-18,26-27,30-33,45H,7-8,14-15,19-23H2,1-3H3,(H2,39,46)(H,41,48)(H,42,47)(H,43,49);3-4,6,8,13H,1-2,5H2,(H2,10,11,14)/t26-,27+,30-,31?,32-,33+;6-,8+/m00/s1. The van der Waals surface area contributed by atoms with Gasteiger partial charge in [0.05, 0.1) is 42.8 Å². The number of pyridine rings is 1. The number of likely N-dealkylation sites (tertiary alicyclic amines) is 1. The van der Waals surface area contributed by atoms with Gasteiger partial charge in [0.2, 0.25) is 17.7 Å². The van der Waals surface area contributed by atoms with Gasteiger partial charge in [0.25, 0.3) is 5.91 Å². The second-order valence-corrected chi connectivity index (χ2v) is 18.2. The van der Waals surface area contributed by atoms with E-state index in [4.69, 9.17) is 21.3 Å². The zero-order chi connectivity index (χ0) is 46.0. The van der Waals surface area contributed by atoms with Crippen molar-refractivity contribution in [2.75, 3.05) is 25.4 Å². The van der Waals surface area contributed by atoms with Crippen LogP contribution in [0.1, 0.15) is 94.4 Å². The number of ether oxygens (including phenoxy) is 1. The number of hydrogen-bond donors (Lipinski definition) is 7. The SMILES string of the molecule is CC(C)(C)NC(=O)[C@@H]1C[C@@H]2CCCC[C@@H]2CN1C[C@@H](O)[C@H](Cc1ccccc1)NC(=O)C(CC(N)=O)NC(=O)c1ccc2ccccc2n1.Nc1ccn([C@H]2CC[C@@H](CO)O2)c(=O)n1. The number of benzene rings is 2. The summed E-state index contributed by atoms with van der Waals surface area (Å²) in [5, 5.41) is 30.3. The Labute approximate surface area is 373 Å². The summed E-state index contributed by atoms with van der Waals surface area (Å²) in [7, 11) is 0. The summed E-state index contributed by atoms with van der Waals surface area (Å²) >= 11 is 0. The van der Waals surface area contributed by atoms with Gasteiger partial charge in [0, 0.05) is 30.2 Å². The molecule has 3 aliphatic rings. The molecule has 7 rings (SSSR count). The van der Waals surface area contributed by atoms with Crippen molar-refractivity contribution >= 4 is 40.3 Å². The number of nitrogens with two attached hydrogens (primary N) is 2. The molecule has 344 valence electrons. The summed E-state index contributed by atoms with van der Waals surface area (Å²) in [5.41, 5.74) is 11.7. The first kappa shape index (κ1) is 47.7. The molecule has 2 saturated heterocycles. The number of aliphatic hydroxyl groups excluding tert-OH is 2. The van der Waals surface area contributed by atoms with Crippen molar-refractivity contribution in [1.29, 1.82) is 0 Å². The van der Waals surface area contributed by atoms with Gasteiger partial charge in [0.1, 0.15) is 23.8 Å². The molecule has 1 aliphatic carbocycles. The Kier molecular flexibility index (Phi) is 16.2. The van der Waals surface area contributed by atoms with Crippen LogP contribution in [0.4, 0.5) is 5.82 Å². The normalized spacial score (nSPS) is 22.5. The molecule has 0 radical (unpaired) electrons. The zero-order valence-corrected chi connectivity index (χ0v) is 36.9. The van der Waals surface area contributed by atoms with Crippen LogP contribution in [0.3, 0.4) is 0 Å². The van der Waals surface area contributed by atoms with Crippen molar-refractivity contribution in [3.8, 4) is 0 Å². The topological polar surface area (TPSA) is 257 Å². The number of hydrogen-bond acceptors (Lipinski definition) is 12. The van der Waals surface area contributed by atoms with E-state index in [1.807, 2.05) is 69.3 Å². The van der Waals surface area contributed by atoms with E-state index in [0.717, 1.165) is 43.1 Å². The van der Waals surface area contributed by atoms with Crippen LogP contribution >= 0.6 is 0 Å². The van der Waals surface area contributed by atoms with Crippen LogP contribution in [0.2, 0.25) is 0 Å². The number of carbonyl (C=O) groups excluding carboxylic acids is 4. The highest BCUT2D eigenvalue weighted by Crippen LogP contribution is 2.39. The molecule has 2 aromatic heterocycles. The van der Waals surface area contributed by atoms with Crippen molar-refractivity contribution in [2.45, 2.75) is 121 Å². The van der Waals surface area contributed by atoms with Gasteiger partial charge in [0.15, 0.2) is 0 Å². The number of para-hydroxylation sites is 1. The Morgan fingerprint density at radius 1 is 0.906 bits per heavy atom. The average Bonchev–Trinajstić information content (AvgIpc) is 3.74. The maximum atomic E-state index is 13.8. The summed E-state index contributed by atoms with van der Waals surface area (Å²) in [6, 6.07) is 19.2. The molecule has 1 saturated carbocycles. The molecule has 2 aromatic carbocycles. The first-order chi connectivity index (χ1) is 30.6. The minimum Gasteiger partial charge on any atom is -0.394 e. The number of β-amino-alcohol motifs (C(OH)–C–C–N with tert-alkyl or cyclic N) is 1. The fourth-order valence-corrected chi connectivity index (χ4v) is 8.93. The molecule has 2 aliphatic heterocycles. The quantitative estimate of drug-likeness (QED) is 0.0965. The largest absolute Gasteiger partial charge is 0.394 e. The number of rotatable bonds is 14. The van der Waals surface area contributed by atoms with Crippen molar-refractivity contribution in [1.82, 2.24) is 35.4 Å². The highest BCUT2D eigenvalue weighted by molar-refractivity contribution is 5.99. The second-order valence-electron chi connectivity index (χ2n) is 18.2. The van der Waals surface area contributed by atoms with Gasteiger partial charge in [-0.2, -0.15) is 4.98 Å². The Balaban J connectivity index is 0.000000380. The number of nitrogens with zero attached hydrogens (tertiary/aromatic N) is 4. The van der Waals surface area contributed by atoms with Gasteiger partial charge in [-0.3, -0.25) is 28.6 Å². The van der Waals surface area contributed by atoms with E-state index < -0.39 is 59.6 Å². The molecule has 4 amide bonds. The molecule has 17 heteroatoms. The third-order valence-electron chi connectivity index (χ3n) is 12.1. The van der Waals surface area contributed by atoms with Gasteiger partial charge in [-0.15, -0.1) is 0 Å². The molecule has 8 atom stereocenters. The lowest BCUT2D eigenvalue weighted by Crippen LogP contribution is -2.61. The minimum absolute atomic E-state index is 0.0202. The van der Waals surface area contributed by atoms with Gasteiger partial charge < -0.3 is 42.4 Å². The minimum atomic E-state index is -1.30. The molecule has 9 N–H and O–H groups in total. The summed E-state index contributed by atoms with van der Waals surface area (Å²) < 4.78 is 6.84. The monoisotopic (exact) mass is 881 g/mol. The van der Waals surface area contributed by atoms with Crippen LogP contribution in [0.15, 0.2) is 83.8 Å². The summed E-state index contributed by atoms with van der Waals surface area (Å²) in [4.78, 5) is 74.3. The van der Waals surface area contributed by atoms with Crippen molar-refractivity contribution in [3.63, 3.8) is 0 Å².